The van der Waals surface area contributed by atoms with Crippen LogP contribution in [0.25, 0.3) is 11.1 Å². The van der Waals surface area contributed by atoms with Crippen LogP contribution in [0.2, 0.25) is 0 Å². The minimum Gasteiger partial charge on any atom is -0.206 e. The maximum absolute atomic E-state index is 14.8. The van der Waals surface area contributed by atoms with E-state index in [9.17, 15) is 17.6 Å². The van der Waals surface area contributed by atoms with Crippen LogP contribution in [0, 0.1) is 41.0 Å². The van der Waals surface area contributed by atoms with E-state index >= 15 is 0 Å². The Labute approximate surface area is 176 Å². The van der Waals surface area contributed by atoms with Crippen molar-refractivity contribution in [3.63, 3.8) is 0 Å². The molecule has 4 atom stereocenters. The van der Waals surface area contributed by atoms with Crippen LogP contribution in [0.5, 0.6) is 0 Å². The first-order valence-corrected chi connectivity index (χ1v) is 11.4. The maximum atomic E-state index is 14.8. The van der Waals surface area contributed by atoms with E-state index in [1.807, 2.05) is 6.07 Å². The van der Waals surface area contributed by atoms with Gasteiger partial charge in [-0.2, -0.15) is 0 Å². The molecule has 0 spiro atoms. The van der Waals surface area contributed by atoms with Gasteiger partial charge >= 0.3 is 0 Å². The molecule has 2 aliphatic carbocycles. The predicted octanol–water partition coefficient (Wildman–Crippen LogP) is 8.40. The second kappa shape index (κ2) is 9.11. The average Bonchev–Trinajstić information content (AvgIpc) is 2.75. The first-order chi connectivity index (χ1) is 14.5. The van der Waals surface area contributed by atoms with Crippen molar-refractivity contribution in [2.45, 2.75) is 70.6 Å². The summed E-state index contributed by atoms with van der Waals surface area (Å²) in [5.41, 5.74) is 1.08. The van der Waals surface area contributed by atoms with Crippen molar-refractivity contribution in [3.05, 3.63) is 59.2 Å². The van der Waals surface area contributed by atoms with Gasteiger partial charge in [0, 0.05) is 5.56 Å². The van der Waals surface area contributed by atoms with Gasteiger partial charge in [0.1, 0.15) is 5.82 Å². The first-order valence-electron chi connectivity index (χ1n) is 11.4. The molecule has 162 valence electrons. The van der Waals surface area contributed by atoms with Gasteiger partial charge in [0.2, 0.25) is 0 Å². The molecule has 1 unspecified atom stereocenters. The summed E-state index contributed by atoms with van der Waals surface area (Å²) in [7, 11) is 0. The SMILES string of the molecule is CCCCC1CC[C@@H]2C[C@H](c3ccc(-c4cc(F)c(F)c(F)c4)c(F)c3)CC[C@@H]2C1. The zero-order valence-corrected chi connectivity index (χ0v) is 17.6. The van der Waals surface area contributed by atoms with E-state index in [-0.39, 0.29) is 11.1 Å². The van der Waals surface area contributed by atoms with Crippen LogP contribution < -0.4 is 0 Å². The summed E-state index contributed by atoms with van der Waals surface area (Å²) in [5.74, 6) is -1.89. The summed E-state index contributed by atoms with van der Waals surface area (Å²) in [5, 5.41) is 0. The summed E-state index contributed by atoms with van der Waals surface area (Å²) in [6.45, 7) is 2.25. The van der Waals surface area contributed by atoms with Crippen LogP contribution in [0.1, 0.15) is 76.2 Å². The number of hydrogen-bond acceptors (Lipinski definition) is 0. The fraction of sp³-hybridized carbons (Fsp3) is 0.538. The third kappa shape index (κ3) is 4.43. The predicted molar refractivity (Wildman–Crippen MR) is 112 cm³/mol. The van der Waals surface area contributed by atoms with E-state index in [0.717, 1.165) is 48.3 Å². The van der Waals surface area contributed by atoms with Gasteiger partial charge in [-0.05, 0) is 85.1 Å². The van der Waals surface area contributed by atoms with Crippen LogP contribution in [-0.2, 0) is 0 Å². The molecule has 0 bridgehead atoms. The molecule has 0 nitrogen and oxygen atoms in total. The van der Waals surface area contributed by atoms with Gasteiger partial charge in [-0.1, -0.05) is 44.7 Å². The van der Waals surface area contributed by atoms with Crippen molar-refractivity contribution in [2.24, 2.45) is 17.8 Å². The number of benzene rings is 2. The number of unbranched alkanes of at least 4 members (excludes halogenated alkanes) is 1. The quantitative estimate of drug-likeness (QED) is 0.338. The Morgan fingerprint density at radius 2 is 1.50 bits per heavy atom. The molecule has 0 amide bonds. The normalized spacial score (nSPS) is 26.4. The number of rotatable bonds is 5. The summed E-state index contributed by atoms with van der Waals surface area (Å²) in [6, 6.07) is 6.64. The number of fused-ring (bicyclic) bond motifs is 1. The van der Waals surface area contributed by atoms with Crippen LogP contribution in [-0.4, -0.2) is 0 Å². The maximum Gasteiger partial charge on any atom is 0.194 e. The molecule has 0 heterocycles. The molecular weight excluding hydrogens is 388 g/mol. The fourth-order valence-electron chi connectivity index (χ4n) is 5.77. The van der Waals surface area contributed by atoms with Crippen LogP contribution in [0.3, 0.4) is 0 Å². The van der Waals surface area contributed by atoms with Crippen molar-refractivity contribution < 1.29 is 17.6 Å². The molecule has 0 aromatic heterocycles. The second-order valence-corrected chi connectivity index (χ2v) is 9.34. The Bertz CT molecular complexity index is 868. The Hall–Kier alpha value is -1.84. The molecule has 4 rings (SSSR count). The van der Waals surface area contributed by atoms with E-state index in [1.54, 1.807) is 6.07 Å². The highest BCUT2D eigenvalue weighted by Crippen LogP contribution is 2.48. The Morgan fingerprint density at radius 3 is 2.20 bits per heavy atom. The van der Waals surface area contributed by atoms with Crippen LogP contribution in [0.15, 0.2) is 30.3 Å². The molecule has 0 aliphatic heterocycles. The molecule has 0 saturated heterocycles. The highest BCUT2D eigenvalue weighted by molar-refractivity contribution is 5.65. The molecule has 2 saturated carbocycles. The van der Waals surface area contributed by atoms with Gasteiger partial charge in [0.05, 0.1) is 0 Å². The van der Waals surface area contributed by atoms with E-state index in [0.29, 0.717) is 5.92 Å². The lowest BCUT2D eigenvalue weighted by Gasteiger charge is -2.42. The van der Waals surface area contributed by atoms with E-state index in [2.05, 4.69) is 6.92 Å². The van der Waals surface area contributed by atoms with Crippen molar-refractivity contribution in [1.29, 1.82) is 0 Å². The molecule has 30 heavy (non-hydrogen) atoms. The third-order valence-electron chi connectivity index (χ3n) is 7.45. The molecule has 2 aromatic rings. The summed E-state index contributed by atoms with van der Waals surface area (Å²) < 4.78 is 55.1. The van der Waals surface area contributed by atoms with E-state index in [1.165, 1.54) is 51.0 Å². The standard InChI is InChI=1S/C26H30F4/c1-2-3-4-16-5-6-18-12-19(8-7-17(18)11-16)20-9-10-22(23(27)13-20)21-14-24(28)26(30)25(29)15-21/h9-10,13-19H,2-8,11-12H2,1H3/t16?,17-,18-,19-/m1/s1. The third-order valence-corrected chi connectivity index (χ3v) is 7.45. The Balaban J connectivity index is 1.46. The van der Waals surface area contributed by atoms with E-state index < -0.39 is 23.3 Å². The van der Waals surface area contributed by atoms with Crippen LogP contribution >= 0.6 is 0 Å². The lowest BCUT2D eigenvalue weighted by atomic mass is 9.63. The second-order valence-electron chi connectivity index (χ2n) is 9.34. The van der Waals surface area contributed by atoms with Crippen molar-refractivity contribution in [1.82, 2.24) is 0 Å². The zero-order valence-electron chi connectivity index (χ0n) is 17.6. The molecule has 0 N–H and O–H groups in total. The van der Waals surface area contributed by atoms with Gasteiger partial charge in [-0.25, -0.2) is 17.6 Å². The summed E-state index contributed by atoms with van der Waals surface area (Å²) in [6.07, 6.45) is 11.3. The number of halogens is 4. The number of hydrogen-bond donors (Lipinski definition) is 0. The van der Waals surface area contributed by atoms with Crippen molar-refractivity contribution in [3.8, 4) is 11.1 Å². The molecule has 2 aliphatic rings. The first kappa shape index (κ1) is 21.4. The highest BCUT2D eigenvalue weighted by atomic mass is 19.2. The Morgan fingerprint density at radius 1 is 0.800 bits per heavy atom. The van der Waals surface area contributed by atoms with Gasteiger partial charge < -0.3 is 0 Å². The van der Waals surface area contributed by atoms with Gasteiger partial charge in [0.15, 0.2) is 17.5 Å². The lowest BCUT2D eigenvalue weighted by Crippen LogP contribution is -2.30. The lowest BCUT2D eigenvalue weighted by molar-refractivity contribution is 0.113. The molecule has 2 aromatic carbocycles. The van der Waals surface area contributed by atoms with Crippen LogP contribution in [0.4, 0.5) is 17.6 Å². The summed E-state index contributed by atoms with van der Waals surface area (Å²) >= 11 is 0. The van der Waals surface area contributed by atoms with Gasteiger partial charge in [-0.3, -0.25) is 0 Å². The topological polar surface area (TPSA) is 0 Å². The molecule has 4 heteroatoms. The van der Waals surface area contributed by atoms with E-state index in [4.69, 9.17) is 0 Å². The Kier molecular flexibility index (Phi) is 6.50. The highest BCUT2D eigenvalue weighted by Gasteiger charge is 2.35. The fourth-order valence-corrected chi connectivity index (χ4v) is 5.77. The molecule has 2 fully saturated rings. The van der Waals surface area contributed by atoms with Gasteiger partial charge in [0.25, 0.3) is 0 Å². The molecular formula is C26H30F4. The summed E-state index contributed by atoms with van der Waals surface area (Å²) in [4.78, 5) is 0. The molecule has 0 radical (unpaired) electrons. The monoisotopic (exact) mass is 418 g/mol. The minimum absolute atomic E-state index is 0.0181. The largest absolute Gasteiger partial charge is 0.206 e. The van der Waals surface area contributed by atoms with Crippen molar-refractivity contribution >= 4 is 0 Å². The smallest absolute Gasteiger partial charge is 0.194 e. The minimum atomic E-state index is -1.53. The van der Waals surface area contributed by atoms with Crippen molar-refractivity contribution in [2.75, 3.05) is 0 Å². The average molecular weight is 419 g/mol. The van der Waals surface area contributed by atoms with Gasteiger partial charge in [-0.15, -0.1) is 0 Å². The zero-order chi connectivity index (χ0) is 21.3.